The Morgan fingerprint density at radius 1 is 0.857 bits per heavy atom. The van der Waals surface area contributed by atoms with Gasteiger partial charge in [0, 0.05) is 18.7 Å². The summed E-state index contributed by atoms with van der Waals surface area (Å²) in [6, 6.07) is 27.9. The van der Waals surface area contributed by atoms with Gasteiger partial charge in [0.05, 0.1) is 18.1 Å². The standard InChI is InChI=1S/C32H28F3N3O4/c1-40-27-9-5-6-22(18-27)16-17-36-31(39)24-12-15-29-28(19-24)37-30(21-41-25-7-3-2-4-8-25)38(29)20-23-10-13-26(14-11-23)42-32(33,34)35/h2-15,18-19H,16-17,20-21H2,1H3,(H,36,39). The number of benzene rings is 4. The quantitative estimate of drug-likeness (QED) is 0.194. The minimum atomic E-state index is -4.76. The smallest absolute Gasteiger partial charge is 0.497 e. The van der Waals surface area contributed by atoms with Crippen LogP contribution in [0.5, 0.6) is 17.2 Å². The zero-order valence-electron chi connectivity index (χ0n) is 22.7. The van der Waals surface area contributed by atoms with Gasteiger partial charge in [0.15, 0.2) is 0 Å². The van der Waals surface area contributed by atoms with Gasteiger partial charge in [-0.3, -0.25) is 4.79 Å². The van der Waals surface area contributed by atoms with Gasteiger partial charge in [-0.25, -0.2) is 4.98 Å². The minimum absolute atomic E-state index is 0.149. The van der Waals surface area contributed by atoms with E-state index in [0.29, 0.717) is 42.2 Å². The Hall–Kier alpha value is -4.99. The number of hydrogen-bond acceptors (Lipinski definition) is 5. The lowest BCUT2D eigenvalue weighted by molar-refractivity contribution is -0.274. The average molecular weight is 576 g/mol. The van der Waals surface area contributed by atoms with E-state index in [0.717, 1.165) is 22.4 Å². The third-order valence-electron chi connectivity index (χ3n) is 6.53. The molecule has 42 heavy (non-hydrogen) atoms. The van der Waals surface area contributed by atoms with E-state index in [4.69, 9.17) is 14.5 Å². The molecule has 0 bridgehead atoms. The second kappa shape index (κ2) is 12.7. The van der Waals surface area contributed by atoms with Gasteiger partial charge in [-0.1, -0.05) is 42.5 Å². The molecule has 0 aliphatic rings. The second-order valence-electron chi connectivity index (χ2n) is 9.47. The highest BCUT2D eigenvalue weighted by atomic mass is 19.4. The molecule has 1 heterocycles. The first kappa shape index (κ1) is 28.5. The van der Waals surface area contributed by atoms with Crippen LogP contribution >= 0.6 is 0 Å². The molecule has 1 amide bonds. The summed E-state index contributed by atoms with van der Waals surface area (Å²) in [6.45, 7) is 0.918. The number of carbonyl (C=O) groups excluding carboxylic acids is 1. The van der Waals surface area contributed by atoms with Crippen LogP contribution in [-0.4, -0.2) is 35.5 Å². The summed E-state index contributed by atoms with van der Waals surface area (Å²) in [5.41, 5.74) is 3.60. The number of ether oxygens (including phenoxy) is 3. The Morgan fingerprint density at radius 3 is 2.36 bits per heavy atom. The normalized spacial score (nSPS) is 11.3. The summed E-state index contributed by atoms with van der Waals surface area (Å²) < 4.78 is 54.9. The Kier molecular flexibility index (Phi) is 8.61. The number of rotatable bonds is 11. The van der Waals surface area contributed by atoms with Crippen LogP contribution in [0.25, 0.3) is 11.0 Å². The zero-order valence-corrected chi connectivity index (χ0v) is 22.7. The van der Waals surface area contributed by atoms with Crippen molar-refractivity contribution in [3.8, 4) is 17.2 Å². The van der Waals surface area contributed by atoms with Crippen molar-refractivity contribution in [1.82, 2.24) is 14.9 Å². The number of carbonyl (C=O) groups is 1. The Bertz CT molecular complexity index is 1650. The maximum Gasteiger partial charge on any atom is 0.573 e. The molecule has 0 aliphatic carbocycles. The molecule has 7 nitrogen and oxygen atoms in total. The molecule has 1 N–H and O–H groups in total. The number of methoxy groups -OCH3 is 1. The largest absolute Gasteiger partial charge is 0.573 e. The molecule has 0 fully saturated rings. The number of hydrogen-bond donors (Lipinski definition) is 1. The van der Waals surface area contributed by atoms with Crippen molar-refractivity contribution in [2.24, 2.45) is 0 Å². The van der Waals surface area contributed by atoms with E-state index in [-0.39, 0.29) is 18.3 Å². The fourth-order valence-electron chi connectivity index (χ4n) is 4.50. The zero-order chi connectivity index (χ0) is 29.5. The van der Waals surface area contributed by atoms with Crippen molar-refractivity contribution in [3.05, 3.63) is 120 Å². The molecule has 0 saturated carbocycles. The molecule has 0 saturated heterocycles. The molecule has 5 rings (SSSR count). The lowest BCUT2D eigenvalue weighted by Gasteiger charge is -2.12. The van der Waals surface area contributed by atoms with Crippen LogP contribution in [0.4, 0.5) is 13.2 Å². The predicted molar refractivity (Wildman–Crippen MR) is 152 cm³/mol. The fraction of sp³-hybridized carbons (Fsp3) is 0.188. The number of imidazole rings is 1. The molecule has 4 aromatic carbocycles. The number of fused-ring (bicyclic) bond motifs is 1. The first-order chi connectivity index (χ1) is 20.3. The van der Waals surface area contributed by atoms with Crippen LogP contribution in [0, 0.1) is 0 Å². The highest BCUT2D eigenvalue weighted by Gasteiger charge is 2.31. The highest BCUT2D eigenvalue weighted by Crippen LogP contribution is 2.25. The number of halogens is 3. The summed E-state index contributed by atoms with van der Waals surface area (Å²) in [6.07, 6.45) is -4.11. The molecule has 0 aliphatic heterocycles. The monoisotopic (exact) mass is 575 g/mol. The number of amides is 1. The summed E-state index contributed by atoms with van der Waals surface area (Å²) in [7, 11) is 1.61. The SMILES string of the molecule is COc1cccc(CCNC(=O)c2ccc3c(c2)nc(COc2ccccc2)n3Cc2ccc(OC(F)(F)F)cc2)c1. The summed E-state index contributed by atoms with van der Waals surface area (Å²) >= 11 is 0. The Morgan fingerprint density at radius 2 is 1.62 bits per heavy atom. The van der Waals surface area contributed by atoms with Crippen molar-refractivity contribution in [2.45, 2.75) is 25.9 Å². The van der Waals surface area contributed by atoms with Crippen LogP contribution in [0.3, 0.4) is 0 Å². The van der Waals surface area contributed by atoms with Gasteiger partial charge in [0.25, 0.3) is 5.91 Å². The third kappa shape index (κ3) is 7.39. The van der Waals surface area contributed by atoms with Crippen molar-refractivity contribution in [2.75, 3.05) is 13.7 Å². The van der Waals surface area contributed by atoms with E-state index in [1.165, 1.54) is 12.1 Å². The molecule has 0 unspecified atom stereocenters. The number of alkyl halides is 3. The highest BCUT2D eigenvalue weighted by molar-refractivity contribution is 5.97. The van der Waals surface area contributed by atoms with Crippen LogP contribution < -0.4 is 19.5 Å². The van der Waals surface area contributed by atoms with Crippen molar-refractivity contribution in [3.63, 3.8) is 0 Å². The number of nitrogens with zero attached hydrogens (tertiary/aromatic N) is 2. The molecule has 5 aromatic rings. The second-order valence-corrected chi connectivity index (χ2v) is 9.47. The third-order valence-corrected chi connectivity index (χ3v) is 6.53. The van der Waals surface area contributed by atoms with E-state index in [2.05, 4.69) is 10.1 Å². The molecular weight excluding hydrogens is 547 g/mol. The van der Waals surface area contributed by atoms with Gasteiger partial charge in [0.1, 0.15) is 29.7 Å². The molecule has 0 atom stereocenters. The van der Waals surface area contributed by atoms with Crippen LogP contribution in [0.2, 0.25) is 0 Å². The van der Waals surface area contributed by atoms with E-state index >= 15 is 0 Å². The first-order valence-corrected chi connectivity index (χ1v) is 13.2. The van der Waals surface area contributed by atoms with Gasteiger partial charge in [0.2, 0.25) is 0 Å². The van der Waals surface area contributed by atoms with E-state index < -0.39 is 6.36 Å². The Balaban J connectivity index is 1.35. The number of para-hydroxylation sites is 1. The Labute approximate surface area is 240 Å². The average Bonchev–Trinajstić information content (AvgIpc) is 3.33. The topological polar surface area (TPSA) is 74.6 Å². The van der Waals surface area contributed by atoms with Crippen LogP contribution in [0.15, 0.2) is 97.1 Å². The maximum absolute atomic E-state index is 12.9. The summed E-state index contributed by atoms with van der Waals surface area (Å²) in [4.78, 5) is 17.7. The fourth-order valence-corrected chi connectivity index (χ4v) is 4.50. The molecular formula is C32H28F3N3O4. The molecule has 0 spiro atoms. The van der Waals surface area contributed by atoms with Crippen molar-refractivity contribution >= 4 is 16.9 Å². The van der Waals surface area contributed by atoms with Crippen LogP contribution in [-0.2, 0) is 19.6 Å². The number of nitrogens with one attached hydrogen (secondary N) is 1. The molecule has 10 heteroatoms. The van der Waals surface area contributed by atoms with E-state index in [9.17, 15) is 18.0 Å². The van der Waals surface area contributed by atoms with E-state index in [1.54, 1.807) is 31.4 Å². The van der Waals surface area contributed by atoms with Crippen molar-refractivity contribution < 1.29 is 32.2 Å². The molecule has 0 radical (unpaired) electrons. The summed E-state index contributed by atoms with van der Waals surface area (Å²) in [5, 5.41) is 2.95. The van der Waals surface area contributed by atoms with Gasteiger partial charge >= 0.3 is 6.36 Å². The lowest BCUT2D eigenvalue weighted by atomic mass is 10.1. The first-order valence-electron chi connectivity index (χ1n) is 13.2. The summed E-state index contributed by atoms with van der Waals surface area (Å²) in [5.74, 6) is 1.51. The van der Waals surface area contributed by atoms with Gasteiger partial charge in [-0.05, 0) is 72.1 Å². The van der Waals surface area contributed by atoms with Gasteiger partial charge in [-0.2, -0.15) is 0 Å². The van der Waals surface area contributed by atoms with Crippen LogP contribution in [0.1, 0.15) is 27.3 Å². The maximum atomic E-state index is 12.9. The minimum Gasteiger partial charge on any atom is -0.497 e. The lowest BCUT2D eigenvalue weighted by Crippen LogP contribution is -2.25. The molecule has 1 aromatic heterocycles. The number of aromatic nitrogens is 2. The van der Waals surface area contributed by atoms with E-state index in [1.807, 2.05) is 65.2 Å². The molecule has 216 valence electrons. The van der Waals surface area contributed by atoms with Crippen molar-refractivity contribution in [1.29, 1.82) is 0 Å². The predicted octanol–water partition coefficient (Wildman–Crippen LogP) is 6.54. The van der Waals surface area contributed by atoms with Gasteiger partial charge < -0.3 is 24.1 Å². The van der Waals surface area contributed by atoms with Gasteiger partial charge in [-0.15, -0.1) is 13.2 Å².